The number of hydrogen-bond acceptors (Lipinski definition) is 5. The molecule has 8 heteroatoms. The van der Waals surface area contributed by atoms with Gasteiger partial charge in [-0.1, -0.05) is 35.9 Å². The van der Waals surface area contributed by atoms with Crippen LogP contribution < -0.4 is 15.8 Å². The van der Waals surface area contributed by atoms with E-state index in [1.807, 2.05) is 62.3 Å². The lowest BCUT2D eigenvalue weighted by Gasteiger charge is -2.19. The van der Waals surface area contributed by atoms with Crippen LogP contribution in [0.3, 0.4) is 0 Å². The lowest BCUT2D eigenvalue weighted by molar-refractivity contribution is 0.0942. The minimum Gasteiger partial charge on any atom is -0.501 e. The first-order chi connectivity index (χ1) is 14.2. The third kappa shape index (κ3) is 4.16. The van der Waals surface area contributed by atoms with E-state index < -0.39 is 17.2 Å². The van der Waals surface area contributed by atoms with Crippen LogP contribution in [0.5, 0.6) is 5.75 Å². The molecule has 0 unspecified atom stereocenters. The zero-order valence-corrected chi connectivity index (χ0v) is 18.0. The largest absolute Gasteiger partial charge is 0.501 e. The zero-order chi connectivity index (χ0) is 22.0. The number of halogens is 1. The van der Waals surface area contributed by atoms with Gasteiger partial charge in [0.05, 0.1) is 0 Å². The highest BCUT2D eigenvalue weighted by molar-refractivity contribution is 6.31. The Morgan fingerprint density at radius 3 is 2.60 bits per heavy atom. The van der Waals surface area contributed by atoms with Gasteiger partial charge in [-0.15, -0.1) is 0 Å². The number of nitrogens with one attached hydrogen (secondary N) is 1. The second kappa shape index (κ2) is 8.59. The van der Waals surface area contributed by atoms with Gasteiger partial charge in [-0.3, -0.25) is 14.2 Å². The summed E-state index contributed by atoms with van der Waals surface area (Å²) < 4.78 is 1.23. The molecule has 0 spiro atoms. The smallest absolute Gasteiger partial charge is 0.296 e. The molecule has 3 rings (SSSR count). The number of aromatic nitrogens is 2. The van der Waals surface area contributed by atoms with Crippen LogP contribution in [0.4, 0.5) is 5.69 Å². The summed E-state index contributed by atoms with van der Waals surface area (Å²) >= 11 is 6.13. The molecule has 1 heterocycles. The maximum atomic E-state index is 12.7. The van der Waals surface area contributed by atoms with E-state index in [0.717, 1.165) is 16.8 Å². The van der Waals surface area contributed by atoms with Crippen LogP contribution in [0.2, 0.25) is 5.02 Å². The molecule has 2 N–H and O–H groups in total. The van der Waals surface area contributed by atoms with E-state index in [-0.39, 0.29) is 18.1 Å². The van der Waals surface area contributed by atoms with E-state index in [0.29, 0.717) is 10.6 Å². The molecule has 0 atom stereocenters. The summed E-state index contributed by atoms with van der Waals surface area (Å²) in [5.74, 6) is -1.06. The number of para-hydroxylation sites is 1. The number of aromatic hydroxyl groups is 1. The predicted octanol–water partition coefficient (Wildman–Crippen LogP) is 3.11. The minimum absolute atomic E-state index is 0.179. The molecule has 0 bridgehead atoms. The highest BCUT2D eigenvalue weighted by Gasteiger charge is 2.22. The molecule has 0 radical (unpaired) electrons. The number of benzene rings is 2. The molecule has 156 valence electrons. The summed E-state index contributed by atoms with van der Waals surface area (Å²) in [6, 6.07) is 12.8. The fraction of sp³-hybridized carbons (Fsp3) is 0.227. The third-order valence-electron chi connectivity index (χ3n) is 4.80. The second-order valence-corrected chi connectivity index (χ2v) is 7.58. The minimum atomic E-state index is -0.697. The van der Waals surface area contributed by atoms with Crippen molar-refractivity contribution in [2.75, 3.05) is 19.0 Å². The van der Waals surface area contributed by atoms with Crippen LogP contribution in [0.25, 0.3) is 11.4 Å². The first kappa shape index (κ1) is 21.4. The quantitative estimate of drug-likeness (QED) is 0.654. The SMILES string of the molecule is Cc1ccc(CNC(=O)c2nc(-c3ccccc3N(C)C)n(C)c(=O)c2O)cc1Cl. The lowest BCUT2D eigenvalue weighted by Crippen LogP contribution is -2.29. The van der Waals surface area contributed by atoms with Gasteiger partial charge in [-0.25, -0.2) is 4.98 Å². The van der Waals surface area contributed by atoms with Crippen LogP contribution in [0.15, 0.2) is 47.3 Å². The summed E-state index contributed by atoms with van der Waals surface area (Å²) in [7, 11) is 5.25. The Labute approximate surface area is 179 Å². The van der Waals surface area contributed by atoms with Crippen LogP contribution >= 0.6 is 11.6 Å². The van der Waals surface area contributed by atoms with Crippen molar-refractivity contribution in [3.05, 3.63) is 74.7 Å². The molecule has 0 saturated carbocycles. The molecule has 7 nitrogen and oxygen atoms in total. The van der Waals surface area contributed by atoms with Gasteiger partial charge in [-0.05, 0) is 36.2 Å². The number of carbonyl (C=O) groups excluding carboxylic acids is 1. The Kier molecular flexibility index (Phi) is 6.12. The molecule has 0 aliphatic rings. The number of carbonyl (C=O) groups is 1. The van der Waals surface area contributed by atoms with Crippen molar-refractivity contribution < 1.29 is 9.90 Å². The normalized spacial score (nSPS) is 10.7. The van der Waals surface area contributed by atoms with Crippen molar-refractivity contribution in [2.45, 2.75) is 13.5 Å². The average molecular weight is 427 g/mol. The highest BCUT2D eigenvalue weighted by atomic mass is 35.5. The van der Waals surface area contributed by atoms with Crippen LogP contribution in [0.1, 0.15) is 21.6 Å². The maximum Gasteiger partial charge on any atom is 0.296 e. The van der Waals surface area contributed by atoms with Crippen molar-refractivity contribution in [3.8, 4) is 17.1 Å². The van der Waals surface area contributed by atoms with Gasteiger partial charge < -0.3 is 15.3 Å². The second-order valence-electron chi connectivity index (χ2n) is 7.17. The van der Waals surface area contributed by atoms with Crippen LogP contribution in [-0.4, -0.2) is 34.7 Å². The Balaban J connectivity index is 1.98. The van der Waals surface area contributed by atoms with E-state index in [2.05, 4.69) is 10.3 Å². The van der Waals surface area contributed by atoms with Gasteiger partial charge in [0, 0.05) is 44.0 Å². The van der Waals surface area contributed by atoms with Gasteiger partial charge >= 0.3 is 0 Å². The molecule has 0 aliphatic carbocycles. The Bertz CT molecular complexity index is 1170. The third-order valence-corrected chi connectivity index (χ3v) is 5.21. The number of rotatable bonds is 5. The fourth-order valence-electron chi connectivity index (χ4n) is 3.05. The van der Waals surface area contributed by atoms with E-state index in [1.54, 1.807) is 6.07 Å². The Morgan fingerprint density at radius 2 is 1.93 bits per heavy atom. The van der Waals surface area contributed by atoms with Crippen LogP contribution in [0, 0.1) is 6.92 Å². The average Bonchev–Trinajstić information content (AvgIpc) is 2.73. The monoisotopic (exact) mass is 426 g/mol. The topological polar surface area (TPSA) is 87.5 Å². The Morgan fingerprint density at radius 1 is 1.23 bits per heavy atom. The molecule has 1 aromatic heterocycles. The van der Waals surface area contributed by atoms with E-state index in [1.165, 1.54) is 11.6 Å². The van der Waals surface area contributed by atoms with Crippen molar-refractivity contribution in [1.29, 1.82) is 0 Å². The summed E-state index contributed by atoms with van der Waals surface area (Å²) in [5.41, 5.74) is 2.20. The maximum absolute atomic E-state index is 12.7. The van der Waals surface area contributed by atoms with Crippen molar-refractivity contribution >= 4 is 23.2 Å². The van der Waals surface area contributed by atoms with E-state index in [9.17, 15) is 14.7 Å². The van der Waals surface area contributed by atoms with E-state index >= 15 is 0 Å². The highest BCUT2D eigenvalue weighted by Crippen LogP contribution is 2.28. The van der Waals surface area contributed by atoms with Crippen molar-refractivity contribution in [3.63, 3.8) is 0 Å². The molecule has 0 aliphatic heterocycles. The van der Waals surface area contributed by atoms with Gasteiger partial charge in [0.1, 0.15) is 5.82 Å². The number of aryl methyl sites for hydroxylation is 1. The molecular weight excluding hydrogens is 404 g/mol. The Hall–Kier alpha value is -3.32. The fourth-order valence-corrected chi connectivity index (χ4v) is 3.26. The number of hydrogen-bond donors (Lipinski definition) is 2. The summed E-state index contributed by atoms with van der Waals surface area (Å²) in [5, 5.41) is 13.6. The molecule has 3 aromatic rings. The van der Waals surface area contributed by atoms with Crippen molar-refractivity contribution in [2.24, 2.45) is 7.05 Å². The van der Waals surface area contributed by atoms with Gasteiger partial charge in [0.2, 0.25) is 5.75 Å². The van der Waals surface area contributed by atoms with Crippen LogP contribution in [-0.2, 0) is 13.6 Å². The lowest BCUT2D eigenvalue weighted by atomic mass is 10.1. The first-order valence-electron chi connectivity index (χ1n) is 9.30. The summed E-state index contributed by atoms with van der Waals surface area (Å²) in [6.07, 6.45) is 0. The standard InChI is InChI=1S/C22H23ClN4O3/c1-13-9-10-14(11-16(13)23)12-24-21(29)18-19(28)22(30)27(4)20(25-18)15-7-5-6-8-17(15)26(2)3/h5-11,28H,12H2,1-4H3,(H,24,29). The molecule has 2 aromatic carbocycles. The molecular formula is C22H23ClN4O3. The number of anilines is 1. The summed E-state index contributed by atoms with van der Waals surface area (Å²) in [6.45, 7) is 2.07. The van der Waals surface area contributed by atoms with Gasteiger partial charge in [-0.2, -0.15) is 0 Å². The number of amides is 1. The first-order valence-corrected chi connectivity index (χ1v) is 9.68. The van der Waals surface area contributed by atoms with Gasteiger partial charge in [0.25, 0.3) is 11.5 Å². The summed E-state index contributed by atoms with van der Waals surface area (Å²) in [4.78, 5) is 31.5. The molecule has 30 heavy (non-hydrogen) atoms. The van der Waals surface area contributed by atoms with E-state index in [4.69, 9.17) is 11.6 Å². The number of nitrogens with zero attached hydrogens (tertiary/aromatic N) is 3. The van der Waals surface area contributed by atoms with Crippen molar-refractivity contribution in [1.82, 2.24) is 14.9 Å². The molecule has 0 fully saturated rings. The molecule has 1 amide bonds. The zero-order valence-electron chi connectivity index (χ0n) is 17.2. The predicted molar refractivity (Wildman–Crippen MR) is 118 cm³/mol. The molecule has 0 saturated heterocycles. The van der Waals surface area contributed by atoms with Gasteiger partial charge in [0.15, 0.2) is 5.69 Å².